The van der Waals surface area contributed by atoms with E-state index >= 15 is 0 Å². The maximum Gasteiger partial charge on any atom is 0.146 e. The fraction of sp³-hybridized carbons (Fsp3) is 0.250. The number of rotatable bonds is 3. The Morgan fingerprint density at radius 2 is 2.28 bits per heavy atom. The number of hydrogen-bond donors (Lipinski definition) is 1. The molecule has 0 atom stereocenters. The predicted molar refractivity (Wildman–Crippen MR) is 67.3 cm³/mol. The predicted octanol–water partition coefficient (Wildman–Crippen LogP) is 2.82. The van der Waals surface area contributed by atoms with Crippen LogP contribution in [0.1, 0.15) is 22.6 Å². The molecule has 0 unspecified atom stereocenters. The van der Waals surface area contributed by atoms with Crippen molar-refractivity contribution in [3.05, 3.63) is 39.9 Å². The Morgan fingerprint density at radius 1 is 1.50 bits per heavy atom. The number of pyridine rings is 1. The summed E-state index contributed by atoms with van der Waals surface area (Å²) in [5.74, 6) is 1.24. The van der Waals surface area contributed by atoms with Crippen LogP contribution in [0.2, 0.25) is 5.02 Å². The largest absolute Gasteiger partial charge is 0.365 e. The summed E-state index contributed by atoms with van der Waals surface area (Å²) in [5, 5.41) is 16.1. The molecule has 0 fully saturated rings. The van der Waals surface area contributed by atoms with Crippen LogP contribution in [0.25, 0.3) is 0 Å². The number of hydrogen-bond acceptors (Lipinski definition) is 5. The van der Waals surface area contributed by atoms with Crippen LogP contribution in [0.4, 0.5) is 5.82 Å². The Hall–Kier alpha value is -2.06. The molecule has 1 N–H and O–H groups in total. The Bertz CT molecular complexity index is 596. The van der Waals surface area contributed by atoms with Crippen molar-refractivity contribution in [1.82, 2.24) is 10.1 Å². The van der Waals surface area contributed by atoms with Crippen molar-refractivity contribution in [2.75, 3.05) is 5.32 Å². The van der Waals surface area contributed by atoms with Crippen molar-refractivity contribution < 1.29 is 4.52 Å². The van der Waals surface area contributed by atoms with Crippen LogP contribution in [-0.4, -0.2) is 10.1 Å². The van der Waals surface area contributed by atoms with E-state index in [4.69, 9.17) is 21.4 Å². The minimum atomic E-state index is 0.326. The highest BCUT2D eigenvalue weighted by molar-refractivity contribution is 6.34. The molecule has 2 heterocycles. The van der Waals surface area contributed by atoms with Gasteiger partial charge in [0, 0.05) is 18.3 Å². The van der Waals surface area contributed by atoms with E-state index in [-0.39, 0.29) is 0 Å². The van der Waals surface area contributed by atoms with Crippen LogP contribution in [0, 0.1) is 25.2 Å². The maximum absolute atomic E-state index is 8.87. The summed E-state index contributed by atoms with van der Waals surface area (Å²) in [6, 6.07) is 3.58. The molecule has 0 saturated heterocycles. The summed E-state index contributed by atoms with van der Waals surface area (Å²) in [7, 11) is 0. The minimum absolute atomic E-state index is 0.326. The average molecular weight is 263 g/mol. The first-order valence-electron chi connectivity index (χ1n) is 5.33. The molecule has 0 amide bonds. The molecule has 0 bridgehead atoms. The zero-order valence-electron chi connectivity index (χ0n) is 9.99. The number of aromatic nitrogens is 2. The molecule has 0 saturated carbocycles. The number of nitrogens with zero attached hydrogens (tertiary/aromatic N) is 3. The van der Waals surface area contributed by atoms with Crippen LogP contribution in [-0.2, 0) is 6.54 Å². The normalized spacial score (nSPS) is 10.1. The van der Waals surface area contributed by atoms with Gasteiger partial charge in [-0.2, -0.15) is 5.26 Å². The molecule has 18 heavy (non-hydrogen) atoms. The quantitative estimate of drug-likeness (QED) is 0.921. The lowest BCUT2D eigenvalue weighted by Crippen LogP contribution is -2.04. The molecule has 0 aliphatic heterocycles. The number of aryl methyl sites for hydroxylation is 2. The van der Waals surface area contributed by atoms with E-state index in [0.29, 0.717) is 22.9 Å². The lowest BCUT2D eigenvalue weighted by atomic mass is 10.2. The second-order valence-electron chi connectivity index (χ2n) is 3.79. The van der Waals surface area contributed by atoms with Gasteiger partial charge >= 0.3 is 0 Å². The fourth-order valence-electron chi connectivity index (χ4n) is 1.58. The van der Waals surface area contributed by atoms with E-state index in [0.717, 1.165) is 17.0 Å². The van der Waals surface area contributed by atoms with E-state index in [1.165, 1.54) is 0 Å². The summed E-state index contributed by atoms with van der Waals surface area (Å²) < 4.78 is 5.06. The van der Waals surface area contributed by atoms with Crippen molar-refractivity contribution in [3.63, 3.8) is 0 Å². The van der Waals surface area contributed by atoms with Crippen molar-refractivity contribution in [1.29, 1.82) is 5.26 Å². The monoisotopic (exact) mass is 262 g/mol. The van der Waals surface area contributed by atoms with E-state index in [2.05, 4.69) is 15.5 Å². The van der Waals surface area contributed by atoms with Gasteiger partial charge in [0.1, 0.15) is 22.7 Å². The van der Waals surface area contributed by atoms with Gasteiger partial charge in [0.2, 0.25) is 0 Å². The molecular formula is C12H11ClN4O. The molecule has 5 nitrogen and oxygen atoms in total. The first kappa shape index (κ1) is 12.4. The standard InChI is InChI=1S/C12H11ClN4O/c1-7-10(8(2)18-17-7)6-16-12-11(13)9(5-14)3-4-15-12/h3-4H,6H2,1-2H3,(H,15,16). The highest BCUT2D eigenvalue weighted by Gasteiger charge is 2.11. The van der Waals surface area contributed by atoms with Crippen LogP contribution >= 0.6 is 11.6 Å². The topological polar surface area (TPSA) is 74.7 Å². The highest BCUT2D eigenvalue weighted by Crippen LogP contribution is 2.24. The van der Waals surface area contributed by atoms with Gasteiger partial charge in [-0.15, -0.1) is 0 Å². The summed E-state index contributed by atoms with van der Waals surface area (Å²) in [5.41, 5.74) is 2.19. The lowest BCUT2D eigenvalue weighted by Gasteiger charge is -2.07. The summed E-state index contributed by atoms with van der Waals surface area (Å²) in [6.07, 6.45) is 1.54. The smallest absolute Gasteiger partial charge is 0.146 e. The third-order valence-electron chi connectivity index (χ3n) is 2.62. The lowest BCUT2D eigenvalue weighted by molar-refractivity contribution is 0.392. The zero-order valence-corrected chi connectivity index (χ0v) is 10.7. The van der Waals surface area contributed by atoms with Gasteiger partial charge in [-0.05, 0) is 19.9 Å². The van der Waals surface area contributed by atoms with Gasteiger partial charge in [-0.1, -0.05) is 16.8 Å². The van der Waals surface area contributed by atoms with E-state index in [9.17, 15) is 0 Å². The first-order chi connectivity index (χ1) is 8.63. The van der Waals surface area contributed by atoms with Gasteiger partial charge in [-0.25, -0.2) is 4.98 Å². The molecule has 2 aromatic heterocycles. The van der Waals surface area contributed by atoms with Crippen molar-refractivity contribution in [2.45, 2.75) is 20.4 Å². The summed E-state index contributed by atoms with van der Waals surface area (Å²) in [6.45, 7) is 4.22. The van der Waals surface area contributed by atoms with Crippen molar-refractivity contribution in [3.8, 4) is 6.07 Å². The number of nitriles is 1. The third kappa shape index (κ3) is 2.29. The van der Waals surface area contributed by atoms with Crippen molar-refractivity contribution in [2.24, 2.45) is 0 Å². The maximum atomic E-state index is 8.87. The molecule has 0 aliphatic carbocycles. The van der Waals surface area contributed by atoms with E-state index in [1.807, 2.05) is 19.9 Å². The summed E-state index contributed by atoms with van der Waals surface area (Å²) >= 11 is 6.04. The minimum Gasteiger partial charge on any atom is -0.365 e. The SMILES string of the molecule is Cc1noc(C)c1CNc1nccc(C#N)c1Cl. The van der Waals surface area contributed by atoms with Gasteiger partial charge in [0.25, 0.3) is 0 Å². The average Bonchev–Trinajstić information content (AvgIpc) is 2.68. The molecule has 2 aromatic rings. The molecule has 2 rings (SSSR count). The second kappa shape index (κ2) is 5.07. The van der Waals surface area contributed by atoms with Crippen LogP contribution in [0.15, 0.2) is 16.8 Å². The molecule has 0 spiro atoms. The number of halogens is 1. The van der Waals surface area contributed by atoms with Gasteiger partial charge < -0.3 is 9.84 Å². The Labute approximate surface area is 109 Å². The number of anilines is 1. The van der Waals surface area contributed by atoms with Crippen LogP contribution in [0.3, 0.4) is 0 Å². The molecule has 0 aromatic carbocycles. The van der Waals surface area contributed by atoms with E-state index in [1.54, 1.807) is 12.3 Å². The van der Waals surface area contributed by atoms with Crippen LogP contribution < -0.4 is 5.32 Å². The Morgan fingerprint density at radius 3 is 2.89 bits per heavy atom. The third-order valence-corrected chi connectivity index (χ3v) is 3.01. The van der Waals surface area contributed by atoms with Gasteiger partial charge in [-0.3, -0.25) is 0 Å². The number of nitrogens with one attached hydrogen (secondary N) is 1. The van der Waals surface area contributed by atoms with Crippen molar-refractivity contribution >= 4 is 17.4 Å². The van der Waals surface area contributed by atoms with E-state index < -0.39 is 0 Å². The zero-order chi connectivity index (χ0) is 13.1. The molecule has 0 aliphatic rings. The van der Waals surface area contributed by atoms with Crippen LogP contribution in [0.5, 0.6) is 0 Å². The molecular weight excluding hydrogens is 252 g/mol. The Kier molecular flexibility index (Phi) is 3.49. The second-order valence-corrected chi connectivity index (χ2v) is 4.17. The fourth-order valence-corrected chi connectivity index (χ4v) is 1.80. The molecule has 6 heteroatoms. The summed E-state index contributed by atoms with van der Waals surface area (Å²) in [4.78, 5) is 4.10. The van der Waals surface area contributed by atoms with Gasteiger partial charge in [0.15, 0.2) is 0 Å². The molecule has 92 valence electrons. The highest BCUT2D eigenvalue weighted by atomic mass is 35.5. The molecule has 0 radical (unpaired) electrons. The Balaban J connectivity index is 2.19. The van der Waals surface area contributed by atoms with Gasteiger partial charge in [0.05, 0.1) is 11.3 Å². The first-order valence-corrected chi connectivity index (χ1v) is 5.71.